The van der Waals surface area contributed by atoms with Gasteiger partial charge in [0, 0.05) is 0 Å². The number of hydrogen-bond donors (Lipinski definition) is 1. The van der Waals surface area contributed by atoms with Gasteiger partial charge >= 0.3 is 0 Å². The summed E-state index contributed by atoms with van der Waals surface area (Å²) in [6, 6.07) is 34.7. The lowest BCUT2D eigenvalue weighted by Crippen LogP contribution is -2.28. The van der Waals surface area contributed by atoms with Gasteiger partial charge in [0.2, 0.25) is 10.0 Å². The third-order valence-corrected chi connectivity index (χ3v) is 7.29. The topological polar surface area (TPSA) is 46.2 Å². The summed E-state index contributed by atoms with van der Waals surface area (Å²) >= 11 is 0. The lowest BCUT2D eigenvalue weighted by molar-refractivity contribution is 0.576. The molecule has 0 bridgehead atoms. The molecule has 1 aliphatic carbocycles. The number of rotatable bonds is 5. The molecule has 0 spiro atoms. The molecule has 0 aromatic heterocycles. The van der Waals surface area contributed by atoms with Crippen molar-refractivity contribution in [3.63, 3.8) is 0 Å². The molecule has 4 aromatic rings. The van der Waals surface area contributed by atoms with E-state index in [1.165, 1.54) is 0 Å². The van der Waals surface area contributed by atoms with Crippen molar-refractivity contribution in [1.82, 2.24) is 4.72 Å². The van der Waals surface area contributed by atoms with E-state index in [0.717, 1.165) is 39.0 Å². The molecule has 0 amide bonds. The van der Waals surface area contributed by atoms with Crippen molar-refractivity contribution in [2.24, 2.45) is 0 Å². The average Bonchev–Trinajstić information content (AvgIpc) is 3.14. The van der Waals surface area contributed by atoms with Gasteiger partial charge in [0.1, 0.15) is 0 Å². The van der Waals surface area contributed by atoms with E-state index in [-0.39, 0.29) is 4.90 Å². The minimum absolute atomic E-state index is 0.265. The van der Waals surface area contributed by atoms with Crippen molar-refractivity contribution in [2.45, 2.75) is 17.9 Å². The molecule has 0 aliphatic heterocycles. The molecule has 0 heterocycles. The zero-order valence-corrected chi connectivity index (χ0v) is 18.5. The molecule has 0 radical (unpaired) electrons. The Kier molecular flexibility index (Phi) is 5.25. The van der Waals surface area contributed by atoms with Gasteiger partial charge in [0.15, 0.2) is 0 Å². The molecule has 4 aromatic carbocycles. The second-order valence-electron chi connectivity index (χ2n) is 7.98. The van der Waals surface area contributed by atoms with Crippen LogP contribution in [0.5, 0.6) is 0 Å². The van der Waals surface area contributed by atoms with Crippen LogP contribution in [0.4, 0.5) is 0 Å². The van der Waals surface area contributed by atoms with Crippen LogP contribution in [0.2, 0.25) is 0 Å². The monoisotopic (exact) mass is 437 g/mol. The van der Waals surface area contributed by atoms with Gasteiger partial charge in [-0.2, -0.15) is 4.72 Å². The maximum atomic E-state index is 13.4. The van der Waals surface area contributed by atoms with Crippen LogP contribution in [0.1, 0.15) is 33.9 Å². The van der Waals surface area contributed by atoms with Crippen LogP contribution < -0.4 is 4.72 Å². The molecule has 0 fully saturated rings. The summed E-state index contributed by atoms with van der Waals surface area (Å²) in [7, 11) is -3.73. The Morgan fingerprint density at radius 3 is 1.88 bits per heavy atom. The van der Waals surface area contributed by atoms with Crippen molar-refractivity contribution >= 4 is 21.2 Å². The second kappa shape index (κ2) is 8.23. The summed E-state index contributed by atoms with van der Waals surface area (Å²) in [5.74, 6) is 0. The number of benzene rings is 4. The van der Waals surface area contributed by atoms with Gasteiger partial charge in [-0.3, -0.25) is 0 Å². The van der Waals surface area contributed by atoms with E-state index in [2.05, 4.69) is 22.9 Å². The van der Waals surface area contributed by atoms with Crippen LogP contribution in [-0.4, -0.2) is 8.42 Å². The zero-order valence-electron chi connectivity index (χ0n) is 17.7. The summed E-state index contributed by atoms with van der Waals surface area (Å²) in [5, 5.41) is 0. The molecule has 1 aliphatic rings. The number of aryl methyl sites for hydroxylation is 1. The molecule has 5 rings (SSSR count). The van der Waals surface area contributed by atoms with Crippen LogP contribution in [0.15, 0.2) is 114 Å². The van der Waals surface area contributed by atoms with Crippen molar-refractivity contribution in [2.75, 3.05) is 0 Å². The molecule has 32 heavy (non-hydrogen) atoms. The number of fused-ring (bicyclic) bond motifs is 1. The van der Waals surface area contributed by atoms with Crippen LogP contribution in [0, 0.1) is 6.92 Å². The van der Waals surface area contributed by atoms with E-state index in [1.807, 2.05) is 85.8 Å². The van der Waals surface area contributed by atoms with Gasteiger partial charge in [-0.25, -0.2) is 8.42 Å². The summed E-state index contributed by atoms with van der Waals surface area (Å²) in [6.45, 7) is 1.94. The predicted molar refractivity (Wildman–Crippen MR) is 129 cm³/mol. The Hall–Kier alpha value is -3.47. The highest BCUT2D eigenvalue weighted by Crippen LogP contribution is 2.48. The Bertz CT molecular complexity index is 1390. The minimum atomic E-state index is -3.73. The molecule has 1 N–H and O–H groups in total. The molecule has 1 atom stereocenters. The molecular weight excluding hydrogens is 414 g/mol. The molecular formula is C28H23NO2S. The normalized spacial score (nSPS) is 15.6. The molecule has 1 unspecified atom stereocenters. The smallest absolute Gasteiger partial charge is 0.207 e. The molecule has 0 saturated heterocycles. The van der Waals surface area contributed by atoms with Crippen LogP contribution >= 0.6 is 0 Å². The first-order valence-electron chi connectivity index (χ1n) is 10.6. The van der Waals surface area contributed by atoms with E-state index in [4.69, 9.17) is 0 Å². The predicted octanol–water partition coefficient (Wildman–Crippen LogP) is 5.99. The highest BCUT2D eigenvalue weighted by atomic mass is 32.2. The maximum absolute atomic E-state index is 13.4. The Morgan fingerprint density at radius 2 is 1.22 bits per heavy atom. The van der Waals surface area contributed by atoms with Crippen LogP contribution in [0.3, 0.4) is 0 Å². The highest BCUT2D eigenvalue weighted by molar-refractivity contribution is 7.89. The minimum Gasteiger partial charge on any atom is -0.207 e. The number of hydrogen-bond acceptors (Lipinski definition) is 2. The van der Waals surface area contributed by atoms with Gasteiger partial charge in [-0.05, 0) is 52.5 Å². The SMILES string of the molecule is Cc1ccc(S(=O)(=O)NC2C(c3ccccc3)=C(c3ccccc3)c3ccccc32)cc1. The Morgan fingerprint density at radius 1 is 0.656 bits per heavy atom. The fourth-order valence-corrected chi connectivity index (χ4v) is 5.51. The van der Waals surface area contributed by atoms with E-state index in [9.17, 15) is 8.42 Å². The fourth-order valence-electron chi connectivity index (χ4n) is 4.33. The quantitative estimate of drug-likeness (QED) is 0.417. The van der Waals surface area contributed by atoms with Crippen molar-refractivity contribution in [3.8, 4) is 0 Å². The lowest BCUT2D eigenvalue weighted by Gasteiger charge is -2.20. The highest BCUT2D eigenvalue weighted by Gasteiger charge is 2.35. The third-order valence-electron chi connectivity index (χ3n) is 5.85. The van der Waals surface area contributed by atoms with Crippen molar-refractivity contribution < 1.29 is 8.42 Å². The lowest BCUT2D eigenvalue weighted by atomic mass is 9.93. The summed E-state index contributed by atoms with van der Waals surface area (Å²) in [6.07, 6.45) is 0. The number of nitrogens with one attached hydrogen (secondary N) is 1. The molecule has 4 heteroatoms. The largest absolute Gasteiger partial charge is 0.241 e. The summed E-state index contributed by atoms with van der Waals surface area (Å²) < 4.78 is 29.8. The summed E-state index contributed by atoms with van der Waals surface area (Å²) in [4.78, 5) is 0.265. The van der Waals surface area contributed by atoms with E-state index in [0.29, 0.717) is 0 Å². The van der Waals surface area contributed by atoms with E-state index in [1.54, 1.807) is 12.1 Å². The van der Waals surface area contributed by atoms with E-state index >= 15 is 0 Å². The van der Waals surface area contributed by atoms with E-state index < -0.39 is 16.1 Å². The van der Waals surface area contributed by atoms with Gasteiger partial charge in [0.25, 0.3) is 0 Å². The molecule has 0 saturated carbocycles. The first-order chi connectivity index (χ1) is 15.5. The second-order valence-corrected chi connectivity index (χ2v) is 9.69. The maximum Gasteiger partial charge on any atom is 0.241 e. The molecule has 158 valence electrons. The Balaban J connectivity index is 1.72. The first-order valence-corrected chi connectivity index (χ1v) is 12.1. The standard InChI is InChI=1S/C28H23NO2S/c1-20-16-18-23(19-17-20)32(30,31)29-28-25-15-9-8-14-24(25)26(21-10-4-2-5-11-21)27(28)22-12-6-3-7-13-22/h2-19,28-29H,1H3. The van der Waals surface area contributed by atoms with Gasteiger partial charge in [-0.1, -0.05) is 103 Å². The van der Waals surface area contributed by atoms with Crippen LogP contribution in [-0.2, 0) is 10.0 Å². The van der Waals surface area contributed by atoms with Crippen LogP contribution in [0.25, 0.3) is 11.1 Å². The van der Waals surface area contributed by atoms with Crippen molar-refractivity contribution in [3.05, 3.63) is 137 Å². The van der Waals surface area contributed by atoms with Gasteiger partial charge in [0.05, 0.1) is 10.9 Å². The fraction of sp³-hybridized carbons (Fsp3) is 0.0714. The summed E-state index contributed by atoms with van der Waals surface area (Å²) in [5.41, 5.74) is 7.12. The molecule has 3 nitrogen and oxygen atoms in total. The van der Waals surface area contributed by atoms with Crippen molar-refractivity contribution in [1.29, 1.82) is 0 Å². The zero-order chi connectivity index (χ0) is 22.1. The number of sulfonamides is 1. The Labute approximate surface area is 189 Å². The third kappa shape index (κ3) is 3.68. The van der Waals surface area contributed by atoms with Gasteiger partial charge < -0.3 is 0 Å². The first kappa shape index (κ1) is 20.4. The average molecular weight is 438 g/mol. The van der Waals surface area contributed by atoms with Gasteiger partial charge in [-0.15, -0.1) is 0 Å².